The zero-order chi connectivity index (χ0) is 23.8. The van der Waals surface area contributed by atoms with Gasteiger partial charge in [0.25, 0.3) is 11.7 Å². The van der Waals surface area contributed by atoms with Crippen molar-refractivity contribution in [3.05, 3.63) is 83.6 Å². The lowest BCUT2D eigenvalue weighted by molar-refractivity contribution is -0.112. The molecule has 0 aliphatic carbocycles. The number of fused-ring (bicyclic) bond motifs is 1. The molecule has 0 saturated heterocycles. The first-order valence-electron chi connectivity index (χ1n) is 9.61. The topological polar surface area (TPSA) is 120 Å². The van der Waals surface area contributed by atoms with E-state index in [0.29, 0.717) is 27.4 Å². The lowest BCUT2D eigenvalue weighted by atomic mass is 10.0. The predicted molar refractivity (Wildman–Crippen MR) is 125 cm³/mol. The molecule has 0 saturated carbocycles. The van der Waals surface area contributed by atoms with E-state index in [1.54, 1.807) is 40.9 Å². The summed E-state index contributed by atoms with van der Waals surface area (Å²) in [5.74, 6) is -1.18. The number of halogens is 1. The van der Waals surface area contributed by atoms with Crippen molar-refractivity contribution in [1.29, 1.82) is 0 Å². The Bertz CT molecular complexity index is 1490. The van der Waals surface area contributed by atoms with E-state index in [1.165, 1.54) is 31.4 Å². The minimum Gasteiger partial charge on any atom is -0.495 e. The van der Waals surface area contributed by atoms with Crippen LogP contribution in [-0.4, -0.2) is 31.6 Å². The van der Waals surface area contributed by atoms with Crippen LogP contribution in [0.15, 0.2) is 77.8 Å². The molecule has 1 amide bonds. The van der Waals surface area contributed by atoms with Gasteiger partial charge in [-0.3, -0.25) is 9.59 Å². The Balaban J connectivity index is 1.72. The summed E-state index contributed by atoms with van der Waals surface area (Å²) in [5.41, 5.74) is 2.28. The molecule has 33 heavy (non-hydrogen) atoms. The lowest BCUT2D eigenvalue weighted by Crippen LogP contribution is -2.24. The SMILES string of the molecule is COc1ccc(-c2cc3ccccn3c2C(=O)C(=O)Nc2ccc(S(N)(=O)=O)cc2)cc1Cl. The molecular formula is C23H18ClN3O5S. The maximum Gasteiger partial charge on any atom is 0.298 e. The van der Waals surface area contributed by atoms with Gasteiger partial charge in [-0.1, -0.05) is 23.7 Å². The average molecular weight is 484 g/mol. The van der Waals surface area contributed by atoms with Crippen LogP contribution in [0.5, 0.6) is 5.75 Å². The summed E-state index contributed by atoms with van der Waals surface area (Å²) < 4.78 is 29.6. The molecule has 2 aromatic carbocycles. The summed E-state index contributed by atoms with van der Waals surface area (Å²) in [6, 6.07) is 17.5. The smallest absolute Gasteiger partial charge is 0.298 e. The highest BCUT2D eigenvalue weighted by atomic mass is 35.5. The van der Waals surface area contributed by atoms with Crippen LogP contribution in [0.3, 0.4) is 0 Å². The Labute approximate surface area is 194 Å². The molecule has 0 bridgehead atoms. The summed E-state index contributed by atoms with van der Waals surface area (Å²) in [6.07, 6.45) is 1.69. The van der Waals surface area contributed by atoms with E-state index in [-0.39, 0.29) is 16.3 Å². The molecule has 0 radical (unpaired) electrons. The third-order valence-corrected chi connectivity index (χ3v) is 6.23. The molecule has 4 rings (SSSR count). The third-order valence-electron chi connectivity index (χ3n) is 5.00. The number of primary sulfonamides is 1. The van der Waals surface area contributed by atoms with Crippen LogP contribution < -0.4 is 15.2 Å². The van der Waals surface area contributed by atoms with Crippen LogP contribution in [0.4, 0.5) is 5.69 Å². The number of hydrogen-bond acceptors (Lipinski definition) is 5. The molecule has 0 aliphatic rings. The number of pyridine rings is 1. The fourth-order valence-corrected chi connectivity index (χ4v) is 4.21. The number of rotatable bonds is 6. The second-order valence-electron chi connectivity index (χ2n) is 7.10. The summed E-state index contributed by atoms with van der Waals surface area (Å²) in [7, 11) is -2.37. The molecular weight excluding hydrogens is 466 g/mol. The second-order valence-corrected chi connectivity index (χ2v) is 9.07. The van der Waals surface area contributed by atoms with Crippen molar-refractivity contribution >= 4 is 44.5 Å². The molecule has 0 unspecified atom stereocenters. The van der Waals surface area contributed by atoms with Crippen molar-refractivity contribution in [2.45, 2.75) is 4.90 Å². The molecule has 168 valence electrons. The van der Waals surface area contributed by atoms with Gasteiger partial charge in [0.15, 0.2) is 0 Å². The van der Waals surface area contributed by atoms with Gasteiger partial charge in [-0.05, 0) is 60.2 Å². The van der Waals surface area contributed by atoms with E-state index in [1.807, 2.05) is 12.1 Å². The molecule has 3 N–H and O–H groups in total. The van der Waals surface area contributed by atoms with Crippen LogP contribution in [0.2, 0.25) is 5.02 Å². The van der Waals surface area contributed by atoms with Gasteiger partial charge in [-0.25, -0.2) is 13.6 Å². The number of anilines is 1. The fraction of sp³-hybridized carbons (Fsp3) is 0.0435. The number of carbonyl (C=O) groups is 2. The highest BCUT2D eigenvalue weighted by Crippen LogP contribution is 2.34. The maximum absolute atomic E-state index is 13.2. The first-order valence-corrected chi connectivity index (χ1v) is 11.5. The first-order chi connectivity index (χ1) is 15.7. The summed E-state index contributed by atoms with van der Waals surface area (Å²) >= 11 is 6.28. The van der Waals surface area contributed by atoms with Gasteiger partial charge >= 0.3 is 0 Å². The van der Waals surface area contributed by atoms with Gasteiger partial charge in [0.05, 0.1) is 17.0 Å². The van der Waals surface area contributed by atoms with Gasteiger partial charge in [-0.15, -0.1) is 0 Å². The number of ether oxygens (including phenoxy) is 1. The number of nitrogens with zero attached hydrogens (tertiary/aromatic N) is 1. The number of hydrogen-bond donors (Lipinski definition) is 2. The lowest BCUT2D eigenvalue weighted by Gasteiger charge is -2.09. The molecule has 0 atom stereocenters. The van der Waals surface area contributed by atoms with Crippen molar-refractivity contribution < 1.29 is 22.7 Å². The number of sulfonamides is 1. The summed E-state index contributed by atoms with van der Waals surface area (Å²) in [5, 5.41) is 7.95. The average Bonchev–Trinajstić information content (AvgIpc) is 3.17. The zero-order valence-corrected chi connectivity index (χ0v) is 18.9. The zero-order valence-electron chi connectivity index (χ0n) is 17.3. The maximum atomic E-state index is 13.2. The Morgan fingerprint density at radius 3 is 2.39 bits per heavy atom. The van der Waals surface area contributed by atoms with Crippen LogP contribution >= 0.6 is 11.6 Å². The highest BCUT2D eigenvalue weighted by Gasteiger charge is 2.25. The van der Waals surface area contributed by atoms with E-state index in [2.05, 4.69) is 5.32 Å². The summed E-state index contributed by atoms with van der Waals surface area (Å²) in [6.45, 7) is 0. The van der Waals surface area contributed by atoms with Crippen LogP contribution in [0.1, 0.15) is 10.5 Å². The van der Waals surface area contributed by atoms with E-state index in [4.69, 9.17) is 21.5 Å². The quantitative estimate of drug-likeness (QED) is 0.320. The molecule has 0 spiro atoms. The van der Waals surface area contributed by atoms with Crippen LogP contribution in [0, 0.1) is 0 Å². The van der Waals surface area contributed by atoms with Gasteiger partial charge in [-0.2, -0.15) is 0 Å². The van der Waals surface area contributed by atoms with Crippen molar-refractivity contribution in [1.82, 2.24) is 4.40 Å². The van der Waals surface area contributed by atoms with Gasteiger partial charge in [0.1, 0.15) is 11.4 Å². The predicted octanol–water partition coefficient (Wildman–Crippen LogP) is 3.74. The number of methoxy groups -OCH3 is 1. The molecule has 2 heterocycles. The molecule has 0 fully saturated rings. The Kier molecular flexibility index (Phi) is 5.94. The van der Waals surface area contributed by atoms with Gasteiger partial charge < -0.3 is 14.5 Å². The Morgan fingerprint density at radius 2 is 1.76 bits per heavy atom. The highest BCUT2D eigenvalue weighted by molar-refractivity contribution is 7.89. The van der Waals surface area contributed by atoms with Crippen molar-refractivity contribution in [2.75, 3.05) is 12.4 Å². The largest absolute Gasteiger partial charge is 0.495 e. The molecule has 4 aromatic rings. The van der Waals surface area contributed by atoms with Gasteiger partial charge in [0.2, 0.25) is 10.0 Å². The number of nitrogens with two attached hydrogens (primary N) is 1. The van der Waals surface area contributed by atoms with Crippen molar-refractivity contribution in [3.63, 3.8) is 0 Å². The second kappa shape index (κ2) is 8.70. The number of aromatic nitrogens is 1. The summed E-state index contributed by atoms with van der Waals surface area (Å²) in [4.78, 5) is 26.0. The molecule has 10 heteroatoms. The normalized spacial score (nSPS) is 11.4. The number of nitrogens with one attached hydrogen (secondary N) is 1. The first kappa shape index (κ1) is 22.5. The number of Topliss-reactive ketones (excluding diaryl/α,β-unsaturated/α-hetero) is 1. The van der Waals surface area contributed by atoms with Crippen LogP contribution in [-0.2, 0) is 14.8 Å². The van der Waals surface area contributed by atoms with Crippen molar-refractivity contribution in [2.24, 2.45) is 5.14 Å². The molecule has 8 nitrogen and oxygen atoms in total. The van der Waals surface area contributed by atoms with E-state index in [0.717, 1.165) is 0 Å². The standard InChI is InChI=1S/C23H18ClN3O5S/c1-32-20-10-5-14(12-19(20)24)18-13-16-4-2-3-11-27(16)21(18)22(28)23(29)26-15-6-8-17(9-7-15)33(25,30)31/h2-13H,1H3,(H,26,29)(H2,25,30,31). The van der Waals surface area contributed by atoms with Crippen molar-refractivity contribution in [3.8, 4) is 16.9 Å². The monoisotopic (exact) mass is 483 g/mol. The number of ketones is 1. The number of carbonyl (C=O) groups excluding carboxylic acids is 2. The van der Waals surface area contributed by atoms with E-state index in [9.17, 15) is 18.0 Å². The Hall–Kier alpha value is -3.66. The third kappa shape index (κ3) is 4.47. The van der Waals surface area contributed by atoms with E-state index >= 15 is 0 Å². The number of benzene rings is 2. The van der Waals surface area contributed by atoms with Crippen LogP contribution in [0.25, 0.3) is 16.6 Å². The van der Waals surface area contributed by atoms with E-state index < -0.39 is 21.7 Å². The minimum atomic E-state index is -3.87. The minimum absolute atomic E-state index is 0.108. The fourth-order valence-electron chi connectivity index (χ4n) is 3.43. The van der Waals surface area contributed by atoms with Gasteiger partial charge in [0, 0.05) is 23.0 Å². The number of amides is 1. The molecule has 2 aromatic heterocycles. The molecule has 0 aliphatic heterocycles. The Morgan fingerprint density at radius 1 is 1.03 bits per heavy atom.